The zero-order valence-corrected chi connectivity index (χ0v) is 15.3. The van der Waals surface area contributed by atoms with Crippen LogP contribution in [0.15, 0.2) is 22.5 Å². The summed E-state index contributed by atoms with van der Waals surface area (Å²) in [4.78, 5) is 7.72. The third kappa shape index (κ3) is 6.41. The van der Waals surface area contributed by atoms with Gasteiger partial charge in [0, 0.05) is 32.1 Å². The van der Waals surface area contributed by atoms with E-state index in [2.05, 4.69) is 32.7 Å². The van der Waals surface area contributed by atoms with Gasteiger partial charge in [-0.3, -0.25) is 4.99 Å². The van der Waals surface area contributed by atoms with Crippen molar-refractivity contribution < 1.29 is 4.74 Å². The average molecular weight is 409 g/mol. The second-order valence-corrected chi connectivity index (χ2v) is 5.95. The molecule has 0 atom stereocenters. The maximum absolute atomic E-state index is 5.65. The average Bonchev–Trinajstić information content (AvgIpc) is 3.10. The van der Waals surface area contributed by atoms with Crippen molar-refractivity contribution in [3.05, 3.63) is 22.4 Å². The van der Waals surface area contributed by atoms with Gasteiger partial charge in [0.15, 0.2) is 5.96 Å². The number of ether oxygens (including phenoxy) is 1. The van der Waals surface area contributed by atoms with E-state index in [1.54, 1.807) is 11.3 Å². The number of hydrogen-bond donors (Lipinski definition) is 1. The molecule has 1 aromatic heterocycles. The molecule has 1 aromatic rings. The number of rotatable bonds is 7. The monoisotopic (exact) mass is 409 g/mol. The van der Waals surface area contributed by atoms with E-state index < -0.39 is 0 Å². The molecular formula is C14H24IN3OS. The number of hydrogen-bond acceptors (Lipinski definition) is 3. The van der Waals surface area contributed by atoms with Gasteiger partial charge < -0.3 is 15.0 Å². The van der Waals surface area contributed by atoms with E-state index >= 15 is 0 Å². The Bertz CT molecular complexity index is 393. The van der Waals surface area contributed by atoms with E-state index in [0.717, 1.165) is 38.2 Å². The third-order valence-corrected chi connectivity index (χ3v) is 4.07. The van der Waals surface area contributed by atoms with Gasteiger partial charge >= 0.3 is 0 Å². The Hall–Kier alpha value is -0.340. The van der Waals surface area contributed by atoms with Crippen molar-refractivity contribution in [3.63, 3.8) is 0 Å². The minimum Gasteiger partial charge on any atom is -0.379 e. The molecule has 1 saturated carbocycles. The Morgan fingerprint density at radius 2 is 2.35 bits per heavy atom. The number of likely N-dealkylation sites (N-methyl/N-ethyl adjacent to an activating group) is 1. The third-order valence-electron chi connectivity index (χ3n) is 3.20. The van der Waals surface area contributed by atoms with Crippen LogP contribution in [0.1, 0.15) is 17.7 Å². The predicted molar refractivity (Wildman–Crippen MR) is 96.1 cm³/mol. The number of nitrogens with zero attached hydrogens (tertiary/aromatic N) is 2. The summed E-state index contributed by atoms with van der Waals surface area (Å²) in [5, 5.41) is 5.46. The van der Waals surface area contributed by atoms with E-state index in [9.17, 15) is 0 Å². The van der Waals surface area contributed by atoms with Gasteiger partial charge in [-0.25, -0.2) is 0 Å². The molecule has 1 heterocycles. The second kappa shape index (κ2) is 9.57. The normalized spacial score (nSPS) is 14.8. The highest BCUT2D eigenvalue weighted by molar-refractivity contribution is 14.0. The largest absolute Gasteiger partial charge is 0.379 e. The fraction of sp³-hybridized carbons (Fsp3) is 0.643. The molecule has 0 aromatic carbocycles. The van der Waals surface area contributed by atoms with Crippen LogP contribution in [0.25, 0.3) is 0 Å². The van der Waals surface area contributed by atoms with Crippen LogP contribution in [-0.4, -0.2) is 44.7 Å². The van der Waals surface area contributed by atoms with Crippen LogP contribution in [0.2, 0.25) is 0 Å². The van der Waals surface area contributed by atoms with Gasteiger partial charge in [0.2, 0.25) is 0 Å². The molecule has 0 spiro atoms. The molecule has 0 radical (unpaired) electrons. The molecule has 4 nitrogen and oxygen atoms in total. The first kappa shape index (κ1) is 17.7. The van der Waals surface area contributed by atoms with Gasteiger partial charge in [-0.05, 0) is 30.2 Å². The minimum absolute atomic E-state index is 0. The summed E-state index contributed by atoms with van der Waals surface area (Å²) in [5.41, 5.74) is 0. The highest BCUT2D eigenvalue weighted by atomic mass is 127. The van der Waals surface area contributed by atoms with Gasteiger partial charge in [-0.1, -0.05) is 6.07 Å². The quantitative estimate of drug-likeness (QED) is 0.326. The lowest BCUT2D eigenvalue weighted by Gasteiger charge is -2.21. The van der Waals surface area contributed by atoms with E-state index in [0.29, 0.717) is 0 Å². The van der Waals surface area contributed by atoms with Crippen LogP contribution in [0.3, 0.4) is 0 Å². The Morgan fingerprint density at radius 1 is 1.55 bits per heavy atom. The van der Waals surface area contributed by atoms with Crippen molar-refractivity contribution >= 4 is 41.3 Å². The molecule has 0 saturated heterocycles. The van der Waals surface area contributed by atoms with Crippen LogP contribution in [-0.2, 0) is 11.3 Å². The van der Waals surface area contributed by atoms with E-state index in [1.165, 1.54) is 17.7 Å². The highest BCUT2D eigenvalue weighted by Crippen LogP contribution is 2.28. The van der Waals surface area contributed by atoms with Crippen LogP contribution in [0, 0.1) is 5.92 Å². The molecule has 1 fully saturated rings. The number of thiophene rings is 1. The van der Waals surface area contributed by atoms with Crippen molar-refractivity contribution in [2.45, 2.75) is 19.4 Å². The van der Waals surface area contributed by atoms with Gasteiger partial charge in [-0.2, -0.15) is 0 Å². The summed E-state index contributed by atoms with van der Waals surface area (Å²) in [7, 11) is 3.86. The molecule has 1 N–H and O–H groups in total. The summed E-state index contributed by atoms with van der Waals surface area (Å²) in [6, 6.07) is 4.20. The fourth-order valence-corrected chi connectivity index (χ4v) is 2.45. The minimum atomic E-state index is 0. The summed E-state index contributed by atoms with van der Waals surface area (Å²) in [6.45, 7) is 3.40. The molecule has 1 aliphatic carbocycles. The SMILES string of the molecule is CN=C(NCc1cccs1)N(C)CCOCC1CC1.I. The second-order valence-electron chi connectivity index (χ2n) is 4.92. The summed E-state index contributed by atoms with van der Waals surface area (Å²) in [5.74, 6) is 1.75. The van der Waals surface area contributed by atoms with Crippen molar-refractivity contribution in [1.29, 1.82) is 0 Å². The maximum atomic E-state index is 5.65. The molecule has 0 aliphatic heterocycles. The summed E-state index contributed by atoms with van der Waals surface area (Å²) >= 11 is 1.76. The number of halogens is 1. The van der Waals surface area contributed by atoms with Crippen LogP contribution in [0.5, 0.6) is 0 Å². The predicted octanol–water partition coefficient (Wildman–Crippen LogP) is 2.80. The molecule has 114 valence electrons. The van der Waals surface area contributed by atoms with Gasteiger partial charge in [0.25, 0.3) is 0 Å². The standard InChI is InChI=1S/C14H23N3OS.HI/c1-15-14(16-10-13-4-3-9-19-13)17(2)7-8-18-11-12-5-6-12;/h3-4,9,12H,5-8,10-11H2,1-2H3,(H,15,16);1H. The van der Waals surface area contributed by atoms with E-state index in [1.807, 2.05) is 14.1 Å². The molecule has 0 bridgehead atoms. The zero-order valence-electron chi connectivity index (χ0n) is 12.2. The lowest BCUT2D eigenvalue weighted by molar-refractivity contribution is 0.115. The number of nitrogens with one attached hydrogen (secondary N) is 1. The lowest BCUT2D eigenvalue weighted by Crippen LogP contribution is -2.40. The Kier molecular flexibility index (Phi) is 8.47. The van der Waals surface area contributed by atoms with Crippen LogP contribution in [0.4, 0.5) is 0 Å². The zero-order chi connectivity index (χ0) is 13.5. The highest BCUT2D eigenvalue weighted by Gasteiger charge is 2.21. The summed E-state index contributed by atoms with van der Waals surface area (Å²) < 4.78 is 5.65. The fourth-order valence-electron chi connectivity index (χ4n) is 1.81. The van der Waals surface area contributed by atoms with E-state index in [-0.39, 0.29) is 24.0 Å². The smallest absolute Gasteiger partial charge is 0.193 e. The molecule has 1 aliphatic rings. The molecule has 6 heteroatoms. The Morgan fingerprint density at radius 3 is 2.95 bits per heavy atom. The van der Waals surface area contributed by atoms with Crippen LogP contribution >= 0.6 is 35.3 Å². The first-order valence-corrected chi connectivity index (χ1v) is 7.69. The van der Waals surface area contributed by atoms with Gasteiger partial charge in [0.05, 0.1) is 13.2 Å². The molecule has 20 heavy (non-hydrogen) atoms. The first-order chi connectivity index (χ1) is 9.29. The van der Waals surface area contributed by atoms with Crippen molar-refractivity contribution in [2.75, 3.05) is 33.9 Å². The number of guanidine groups is 1. The molecule has 2 rings (SSSR count). The number of aliphatic imine (C=N–C) groups is 1. The molecule has 0 amide bonds. The maximum Gasteiger partial charge on any atom is 0.193 e. The van der Waals surface area contributed by atoms with Gasteiger partial charge in [0.1, 0.15) is 0 Å². The lowest BCUT2D eigenvalue weighted by atomic mass is 10.4. The first-order valence-electron chi connectivity index (χ1n) is 6.81. The van der Waals surface area contributed by atoms with E-state index in [4.69, 9.17) is 4.74 Å². The topological polar surface area (TPSA) is 36.9 Å². The molecular weight excluding hydrogens is 385 g/mol. The van der Waals surface area contributed by atoms with Gasteiger partial charge in [-0.15, -0.1) is 35.3 Å². The van der Waals surface area contributed by atoms with Crippen LogP contribution < -0.4 is 5.32 Å². The van der Waals surface area contributed by atoms with Crippen molar-refractivity contribution in [3.8, 4) is 0 Å². The Balaban J connectivity index is 0.00000200. The summed E-state index contributed by atoms with van der Waals surface area (Å²) in [6.07, 6.45) is 2.69. The van der Waals surface area contributed by atoms with Crippen molar-refractivity contribution in [2.24, 2.45) is 10.9 Å². The Labute approximate surface area is 142 Å². The molecule has 0 unspecified atom stereocenters. The van der Waals surface area contributed by atoms with Crippen molar-refractivity contribution in [1.82, 2.24) is 10.2 Å².